The number of hydrogen-bond donors (Lipinski definition) is 1. The number of rotatable bonds is 7. The van der Waals surface area contributed by atoms with E-state index in [2.05, 4.69) is 15.1 Å². The minimum absolute atomic E-state index is 0.0731. The highest BCUT2D eigenvalue weighted by molar-refractivity contribution is 5.78. The van der Waals surface area contributed by atoms with Gasteiger partial charge < -0.3 is 19.5 Å². The summed E-state index contributed by atoms with van der Waals surface area (Å²) in [7, 11) is 1.66. The summed E-state index contributed by atoms with van der Waals surface area (Å²) in [6.07, 6.45) is 0. The first-order valence-electron chi connectivity index (χ1n) is 8.84. The molecular formula is C18H27N3O4. The standard InChI is InChI=1S/C18H27N3O4/c1-23-16-4-2-3-15(13-21-6-5-19-17(22)14-21)18(16)25-12-9-20-7-10-24-11-8-20/h2-4H,5-14H2,1H3,(H,19,22). The molecule has 7 heteroatoms. The largest absolute Gasteiger partial charge is 0.493 e. The van der Waals surface area contributed by atoms with Crippen LogP contribution in [-0.4, -0.2) is 81.9 Å². The van der Waals surface area contributed by atoms with Gasteiger partial charge in [-0.25, -0.2) is 0 Å². The van der Waals surface area contributed by atoms with E-state index >= 15 is 0 Å². The second-order valence-electron chi connectivity index (χ2n) is 6.31. The third-order valence-corrected chi connectivity index (χ3v) is 4.55. The second kappa shape index (κ2) is 9.03. The summed E-state index contributed by atoms with van der Waals surface area (Å²) in [5.41, 5.74) is 1.05. The number of nitrogens with one attached hydrogen (secondary N) is 1. The lowest BCUT2D eigenvalue weighted by Gasteiger charge is -2.28. The van der Waals surface area contributed by atoms with Crippen molar-refractivity contribution >= 4 is 5.91 Å². The van der Waals surface area contributed by atoms with Gasteiger partial charge in [0.2, 0.25) is 5.91 Å². The van der Waals surface area contributed by atoms with Crippen LogP contribution in [-0.2, 0) is 16.1 Å². The van der Waals surface area contributed by atoms with Gasteiger partial charge >= 0.3 is 0 Å². The lowest BCUT2D eigenvalue weighted by molar-refractivity contribution is -0.124. The maximum Gasteiger partial charge on any atom is 0.234 e. The van der Waals surface area contributed by atoms with E-state index in [1.165, 1.54) is 0 Å². The number of carbonyl (C=O) groups excluding carboxylic acids is 1. The number of para-hydroxylation sites is 1. The Labute approximate surface area is 148 Å². The number of hydrogen-bond acceptors (Lipinski definition) is 6. The van der Waals surface area contributed by atoms with Gasteiger partial charge in [-0.15, -0.1) is 0 Å². The zero-order chi connectivity index (χ0) is 17.5. The second-order valence-corrected chi connectivity index (χ2v) is 6.31. The van der Waals surface area contributed by atoms with Crippen molar-refractivity contribution < 1.29 is 19.0 Å². The highest BCUT2D eigenvalue weighted by Gasteiger charge is 2.19. The molecule has 1 amide bonds. The molecule has 0 bridgehead atoms. The summed E-state index contributed by atoms with van der Waals surface area (Å²) in [6, 6.07) is 5.92. The third-order valence-electron chi connectivity index (χ3n) is 4.55. The van der Waals surface area contributed by atoms with Gasteiger partial charge in [0.05, 0.1) is 26.9 Å². The first-order chi connectivity index (χ1) is 12.3. The van der Waals surface area contributed by atoms with E-state index in [1.54, 1.807) is 7.11 Å². The van der Waals surface area contributed by atoms with Gasteiger partial charge in [-0.1, -0.05) is 12.1 Å². The fourth-order valence-electron chi connectivity index (χ4n) is 3.18. The number of nitrogens with zero attached hydrogens (tertiary/aromatic N) is 2. The van der Waals surface area contributed by atoms with Gasteiger partial charge in [-0.3, -0.25) is 14.6 Å². The molecule has 0 spiro atoms. The molecule has 0 aromatic heterocycles. The van der Waals surface area contributed by atoms with Crippen molar-refractivity contribution in [3.05, 3.63) is 23.8 Å². The van der Waals surface area contributed by atoms with Crippen LogP contribution in [0.25, 0.3) is 0 Å². The number of piperazine rings is 1. The van der Waals surface area contributed by atoms with Crippen molar-refractivity contribution in [3.63, 3.8) is 0 Å². The lowest BCUT2D eigenvalue weighted by atomic mass is 10.1. The van der Waals surface area contributed by atoms with Crippen molar-refractivity contribution in [2.75, 3.05) is 66.2 Å². The number of methoxy groups -OCH3 is 1. The van der Waals surface area contributed by atoms with Crippen molar-refractivity contribution in [2.45, 2.75) is 6.54 Å². The molecule has 0 atom stereocenters. The Kier molecular flexibility index (Phi) is 6.49. The molecule has 0 unspecified atom stereocenters. The van der Waals surface area contributed by atoms with Gasteiger partial charge in [0.25, 0.3) is 0 Å². The number of ether oxygens (including phenoxy) is 3. The summed E-state index contributed by atoms with van der Waals surface area (Å²) in [5, 5.41) is 2.85. The summed E-state index contributed by atoms with van der Waals surface area (Å²) < 4.78 is 17.0. The van der Waals surface area contributed by atoms with Gasteiger partial charge in [-0.05, 0) is 6.07 Å². The predicted octanol–water partition coefficient (Wildman–Crippen LogP) is 0.338. The van der Waals surface area contributed by atoms with Gasteiger partial charge in [0.15, 0.2) is 11.5 Å². The summed E-state index contributed by atoms with van der Waals surface area (Å²) in [6.45, 7) is 7.58. The van der Waals surface area contributed by atoms with Crippen molar-refractivity contribution in [1.82, 2.24) is 15.1 Å². The number of benzene rings is 1. The van der Waals surface area contributed by atoms with E-state index in [9.17, 15) is 4.79 Å². The van der Waals surface area contributed by atoms with Gasteiger partial charge in [0.1, 0.15) is 6.61 Å². The highest BCUT2D eigenvalue weighted by atomic mass is 16.5. The topological polar surface area (TPSA) is 63.3 Å². The quantitative estimate of drug-likeness (QED) is 0.766. The first kappa shape index (κ1) is 18.0. The highest BCUT2D eigenvalue weighted by Crippen LogP contribution is 2.32. The molecule has 1 N–H and O–H groups in total. The molecule has 2 aliphatic heterocycles. The van der Waals surface area contributed by atoms with Crippen LogP contribution in [0.2, 0.25) is 0 Å². The Morgan fingerprint density at radius 2 is 2.04 bits per heavy atom. The molecule has 1 aromatic rings. The van der Waals surface area contributed by atoms with Crippen molar-refractivity contribution in [1.29, 1.82) is 0 Å². The average molecular weight is 349 g/mol. The van der Waals surface area contributed by atoms with Crippen LogP contribution in [0.3, 0.4) is 0 Å². The molecule has 2 aliphatic rings. The van der Waals surface area contributed by atoms with E-state index in [-0.39, 0.29) is 5.91 Å². The monoisotopic (exact) mass is 349 g/mol. The summed E-state index contributed by atoms with van der Waals surface area (Å²) in [5.74, 6) is 1.59. The molecule has 2 heterocycles. The maximum atomic E-state index is 11.6. The van der Waals surface area contributed by atoms with Crippen LogP contribution in [0.1, 0.15) is 5.56 Å². The van der Waals surface area contributed by atoms with Gasteiger partial charge in [-0.2, -0.15) is 0 Å². The molecule has 1 aromatic carbocycles. The molecule has 2 saturated heterocycles. The van der Waals surface area contributed by atoms with Crippen LogP contribution in [0.15, 0.2) is 18.2 Å². The van der Waals surface area contributed by atoms with Crippen LogP contribution >= 0.6 is 0 Å². The number of amides is 1. The van der Waals surface area contributed by atoms with Crippen molar-refractivity contribution in [2.24, 2.45) is 0 Å². The molecule has 0 saturated carbocycles. The van der Waals surface area contributed by atoms with E-state index < -0.39 is 0 Å². The lowest BCUT2D eigenvalue weighted by Crippen LogP contribution is -2.47. The fourth-order valence-corrected chi connectivity index (χ4v) is 3.18. The summed E-state index contributed by atoms with van der Waals surface area (Å²) in [4.78, 5) is 16.1. The normalized spacial score (nSPS) is 19.5. The minimum Gasteiger partial charge on any atom is -0.493 e. The van der Waals surface area contributed by atoms with Crippen LogP contribution < -0.4 is 14.8 Å². The van der Waals surface area contributed by atoms with Crippen molar-refractivity contribution in [3.8, 4) is 11.5 Å². The molecule has 25 heavy (non-hydrogen) atoms. The molecular weight excluding hydrogens is 322 g/mol. The maximum absolute atomic E-state index is 11.6. The Balaban J connectivity index is 1.62. The molecule has 7 nitrogen and oxygen atoms in total. The SMILES string of the molecule is COc1cccc(CN2CCNC(=O)C2)c1OCCN1CCOCC1. The molecule has 3 rings (SSSR count). The van der Waals surface area contributed by atoms with E-state index in [0.717, 1.165) is 56.5 Å². The summed E-state index contributed by atoms with van der Waals surface area (Å²) >= 11 is 0. The van der Waals surface area contributed by atoms with Crippen LogP contribution in [0, 0.1) is 0 Å². The van der Waals surface area contributed by atoms with Gasteiger partial charge in [0, 0.05) is 44.8 Å². The number of carbonyl (C=O) groups is 1. The molecule has 0 aliphatic carbocycles. The van der Waals surface area contributed by atoms with Crippen LogP contribution in [0.4, 0.5) is 0 Å². The fraction of sp³-hybridized carbons (Fsp3) is 0.611. The zero-order valence-electron chi connectivity index (χ0n) is 14.8. The third kappa shape index (κ3) is 5.07. The Hall–Kier alpha value is -1.83. The average Bonchev–Trinajstić information content (AvgIpc) is 2.64. The van der Waals surface area contributed by atoms with E-state index in [0.29, 0.717) is 26.2 Å². The number of morpholine rings is 1. The molecule has 138 valence electrons. The minimum atomic E-state index is 0.0731. The zero-order valence-corrected chi connectivity index (χ0v) is 14.8. The van der Waals surface area contributed by atoms with E-state index in [1.807, 2.05) is 18.2 Å². The Bertz CT molecular complexity index is 575. The molecule has 0 radical (unpaired) electrons. The Morgan fingerprint density at radius 3 is 2.80 bits per heavy atom. The Morgan fingerprint density at radius 1 is 1.20 bits per heavy atom. The predicted molar refractivity (Wildman–Crippen MR) is 94.0 cm³/mol. The first-order valence-corrected chi connectivity index (χ1v) is 8.84. The van der Waals surface area contributed by atoms with Crippen LogP contribution in [0.5, 0.6) is 11.5 Å². The van der Waals surface area contributed by atoms with E-state index in [4.69, 9.17) is 14.2 Å². The molecule has 2 fully saturated rings. The smallest absolute Gasteiger partial charge is 0.234 e.